The lowest BCUT2D eigenvalue weighted by Gasteiger charge is -2.30. The fraction of sp³-hybridized carbons (Fsp3) is 0.0455. The number of nitrogens with zero attached hydrogens (tertiary/aromatic N) is 1. The average Bonchev–Trinajstić information content (AvgIpc) is 3.33. The number of anilines is 3. The van der Waals surface area contributed by atoms with E-state index in [9.17, 15) is 0 Å². The molecule has 2 heterocycles. The molecule has 3 aliphatic rings. The minimum atomic E-state index is -3.23. The van der Waals surface area contributed by atoms with Crippen LogP contribution >= 0.6 is 7.14 Å². The molecule has 0 saturated carbocycles. The van der Waals surface area contributed by atoms with Gasteiger partial charge in [0.05, 0.1) is 11.4 Å². The summed E-state index contributed by atoms with van der Waals surface area (Å²) in [6.07, 6.45) is 9.82. The molecule has 0 fully saturated rings. The van der Waals surface area contributed by atoms with Gasteiger partial charge >= 0.3 is 0 Å². The van der Waals surface area contributed by atoms with Crippen LogP contribution in [0.2, 0.25) is 0 Å². The van der Waals surface area contributed by atoms with E-state index in [2.05, 4.69) is 144 Å². The molecule has 0 aromatic heterocycles. The van der Waals surface area contributed by atoms with Crippen LogP contribution in [0.3, 0.4) is 0 Å². The molecule has 0 spiro atoms. The Morgan fingerprint density at radius 3 is 1.96 bits per heavy atom. The summed E-state index contributed by atoms with van der Waals surface area (Å²) in [5.74, 6) is 0.285. The largest absolute Gasteiger partial charge is 0.309 e. The number of fused-ring (bicyclic) bond motifs is 6. The molecule has 0 saturated heterocycles. The predicted molar refractivity (Wildman–Crippen MR) is 198 cm³/mol. The van der Waals surface area contributed by atoms with Gasteiger partial charge in [-0.25, -0.2) is 0 Å². The molecular weight excluding hydrogens is 589 g/mol. The normalized spacial score (nSPS) is 19.1. The molecule has 3 heteroatoms. The molecule has 1 aliphatic carbocycles. The van der Waals surface area contributed by atoms with Gasteiger partial charge in [0, 0.05) is 44.2 Å². The number of para-hydroxylation sites is 2. The molecule has 2 nitrogen and oxygen atoms in total. The first-order chi connectivity index (χ1) is 23.2. The van der Waals surface area contributed by atoms with Crippen LogP contribution in [0.5, 0.6) is 0 Å². The van der Waals surface area contributed by atoms with Gasteiger partial charge < -0.3 is 9.46 Å². The number of hydrogen-bond acceptors (Lipinski definition) is 2. The van der Waals surface area contributed by atoms with Crippen LogP contribution in [-0.4, -0.2) is 0 Å². The highest BCUT2D eigenvalue weighted by Crippen LogP contribution is 2.68. The summed E-state index contributed by atoms with van der Waals surface area (Å²) in [5, 5.41) is 2.71. The van der Waals surface area contributed by atoms with Gasteiger partial charge in [-0.1, -0.05) is 152 Å². The van der Waals surface area contributed by atoms with Gasteiger partial charge in [0.15, 0.2) is 7.14 Å². The molecule has 6 aromatic rings. The van der Waals surface area contributed by atoms with Crippen molar-refractivity contribution in [3.05, 3.63) is 198 Å². The zero-order valence-corrected chi connectivity index (χ0v) is 26.7. The monoisotopic (exact) mass is 621 g/mol. The summed E-state index contributed by atoms with van der Waals surface area (Å²) in [5.41, 5.74) is 11.1. The molecule has 224 valence electrons. The van der Waals surface area contributed by atoms with E-state index in [4.69, 9.17) is 0 Å². The van der Waals surface area contributed by atoms with Crippen LogP contribution in [0.25, 0.3) is 22.0 Å². The highest BCUT2D eigenvalue weighted by atomic mass is 31.2. The molecule has 2 aliphatic heterocycles. The maximum atomic E-state index is 16.0. The van der Waals surface area contributed by atoms with E-state index >= 15 is 4.57 Å². The SMILES string of the molecule is O=P1(c2ccccc2)C2=C(c3ccccc3N(c3cc(-c4ccccc4)cc([C@@H]4C=CC=CC4)c3)c3ccccc32)c2ccccc21. The minimum Gasteiger partial charge on any atom is -0.309 e. The summed E-state index contributed by atoms with van der Waals surface area (Å²) >= 11 is 0. The Hall–Kier alpha value is -5.43. The van der Waals surface area contributed by atoms with Crippen molar-refractivity contribution < 1.29 is 4.57 Å². The van der Waals surface area contributed by atoms with Crippen molar-refractivity contribution in [1.29, 1.82) is 0 Å². The first kappa shape index (κ1) is 27.8. The van der Waals surface area contributed by atoms with Gasteiger partial charge in [0.1, 0.15) is 0 Å². The van der Waals surface area contributed by atoms with E-state index in [0.29, 0.717) is 0 Å². The molecule has 2 atom stereocenters. The summed E-state index contributed by atoms with van der Waals surface area (Å²) in [6.45, 7) is 0. The lowest BCUT2D eigenvalue weighted by Crippen LogP contribution is -2.17. The highest BCUT2D eigenvalue weighted by Gasteiger charge is 2.46. The molecule has 6 aromatic carbocycles. The number of allylic oxidation sites excluding steroid dienone is 4. The van der Waals surface area contributed by atoms with Gasteiger partial charge in [-0.2, -0.15) is 0 Å². The predicted octanol–water partition coefficient (Wildman–Crippen LogP) is 11.0. The molecule has 0 bridgehead atoms. The van der Waals surface area contributed by atoms with Crippen molar-refractivity contribution >= 4 is 45.7 Å². The third-order valence-electron chi connectivity index (χ3n) is 9.71. The van der Waals surface area contributed by atoms with Crippen molar-refractivity contribution in [2.45, 2.75) is 12.3 Å². The maximum absolute atomic E-state index is 16.0. The second kappa shape index (κ2) is 11.1. The molecule has 0 amide bonds. The first-order valence-electron chi connectivity index (χ1n) is 16.2. The molecular formula is C44H32NOP. The van der Waals surface area contributed by atoms with Gasteiger partial charge in [-0.3, -0.25) is 0 Å². The molecule has 0 N–H and O–H groups in total. The van der Waals surface area contributed by atoms with Crippen molar-refractivity contribution in [2.24, 2.45) is 0 Å². The Balaban J connectivity index is 1.36. The highest BCUT2D eigenvalue weighted by molar-refractivity contribution is 7.88. The molecule has 9 rings (SSSR count). The van der Waals surface area contributed by atoms with E-state index in [1.807, 2.05) is 36.4 Å². The summed E-state index contributed by atoms with van der Waals surface area (Å²) < 4.78 is 16.0. The second-order valence-corrected chi connectivity index (χ2v) is 15.1. The van der Waals surface area contributed by atoms with Crippen LogP contribution in [0.15, 0.2) is 176 Å². The van der Waals surface area contributed by atoms with Gasteiger partial charge in [0.25, 0.3) is 0 Å². The van der Waals surface area contributed by atoms with Crippen LogP contribution in [0.4, 0.5) is 17.1 Å². The fourth-order valence-electron chi connectivity index (χ4n) is 7.61. The third kappa shape index (κ3) is 4.37. The van der Waals surface area contributed by atoms with E-state index < -0.39 is 7.14 Å². The maximum Gasteiger partial charge on any atom is 0.172 e. The third-order valence-corrected chi connectivity index (χ3v) is 12.9. The Morgan fingerprint density at radius 1 is 0.574 bits per heavy atom. The fourth-order valence-corrected chi connectivity index (χ4v) is 10.9. The smallest absolute Gasteiger partial charge is 0.172 e. The Kier molecular flexibility index (Phi) is 6.59. The lowest BCUT2D eigenvalue weighted by atomic mass is 9.89. The van der Waals surface area contributed by atoms with Crippen molar-refractivity contribution in [2.75, 3.05) is 4.90 Å². The Morgan fingerprint density at radius 2 is 1.21 bits per heavy atom. The zero-order valence-electron chi connectivity index (χ0n) is 25.8. The van der Waals surface area contributed by atoms with Crippen LogP contribution in [0.1, 0.15) is 34.6 Å². The molecule has 1 unspecified atom stereocenters. The first-order valence-corrected chi connectivity index (χ1v) is 18.0. The summed E-state index contributed by atoms with van der Waals surface area (Å²) in [4.78, 5) is 2.40. The number of rotatable bonds is 4. The molecule has 0 radical (unpaired) electrons. The lowest BCUT2D eigenvalue weighted by molar-refractivity contribution is 0.593. The minimum absolute atomic E-state index is 0.285. The van der Waals surface area contributed by atoms with Crippen molar-refractivity contribution in [3.8, 4) is 11.1 Å². The second-order valence-electron chi connectivity index (χ2n) is 12.4. The van der Waals surface area contributed by atoms with Crippen LogP contribution in [-0.2, 0) is 4.57 Å². The van der Waals surface area contributed by atoms with E-state index in [1.165, 1.54) is 16.7 Å². The Labute approximate surface area is 276 Å². The van der Waals surface area contributed by atoms with Gasteiger partial charge in [-0.05, 0) is 52.9 Å². The summed E-state index contributed by atoms with van der Waals surface area (Å²) in [7, 11) is -3.23. The summed E-state index contributed by atoms with van der Waals surface area (Å²) in [6, 6.07) is 53.3. The van der Waals surface area contributed by atoms with E-state index in [1.54, 1.807) is 0 Å². The molecule has 47 heavy (non-hydrogen) atoms. The quantitative estimate of drug-likeness (QED) is 0.183. The number of benzene rings is 6. The van der Waals surface area contributed by atoms with E-state index in [0.717, 1.165) is 61.7 Å². The van der Waals surface area contributed by atoms with Crippen molar-refractivity contribution in [1.82, 2.24) is 0 Å². The van der Waals surface area contributed by atoms with Gasteiger partial charge in [-0.15, -0.1) is 0 Å². The average molecular weight is 622 g/mol. The van der Waals surface area contributed by atoms with Crippen molar-refractivity contribution in [3.63, 3.8) is 0 Å². The van der Waals surface area contributed by atoms with Crippen LogP contribution < -0.4 is 15.5 Å². The standard InChI is InChI=1S/C44H32NOP/c46-47(36-20-8-3-9-21-36)42-27-15-12-24-39(42)43-37-22-10-13-25-40(37)45(41-26-14-11-23-38(41)44(43)47)35-29-33(31-16-4-1-5-17-31)28-34(30-35)32-18-6-2-7-19-32/h1-18,20-30,32H,19H2/t32-,47?/m1/s1. The Bertz CT molecular complexity index is 2320. The topological polar surface area (TPSA) is 20.3 Å². The van der Waals surface area contributed by atoms with Gasteiger partial charge in [0.2, 0.25) is 0 Å². The zero-order chi connectivity index (χ0) is 31.4. The number of hydrogen-bond donors (Lipinski definition) is 0. The van der Waals surface area contributed by atoms with Crippen LogP contribution in [0, 0.1) is 0 Å². The van der Waals surface area contributed by atoms with E-state index in [-0.39, 0.29) is 5.92 Å².